The van der Waals surface area contributed by atoms with E-state index in [0.29, 0.717) is 51.7 Å². The summed E-state index contributed by atoms with van der Waals surface area (Å²) in [6.07, 6.45) is 13.7. The van der Waals surface area contributed by atoms with Crippen molar-refractivity contribution in [2.45, 2.75) is 284 Å². The van der Waals surface area contributed by atoms with Crippen molar-refractivity contribution in [1.29, 1.82) is 27.0 Å². The topological polar surface area (TPSA) is 500 Å². The van der Waals surface area contributed by atoms with E-state index in [1.54, 1.807) is 108 Å². The van der Waals surface area contributed by atoms with Gasteiger partial charge in [0.1, 0.15) is 29.1 Å². The molecule has 0 aliphatic rings. The van der Waals surface area contributed by atoms with E-state index in [1.807, 2.05) is 206 Å². The number of azo groups is 2. The fourth-order valence-corrected chi connectivity index (χ4v) is 3.21. The smallest absolute Gasteiger partial charge is 0.170 e. The summed E-state index contributed by atoms with van der Waals surface area (Å²) in [6, 6.07) is 0. The molecule has 32 heteroatoms. The van der Waals surface area contributed by atoms with E-state index in [4.69, 9.17) is 44.2 Å². The molecule has 4 heterocycles. The van der Waals surface area contributed by atoms with Gasteiger partial charge in [0.25, 0.3) is 0 Å². The van der Waals surface area contributed by atoms with E-state index >= 15 is 0 Å². The number of amidine groups is 3. The van der Waals surface area contributed by atoms with Crippen molar-refractivity contribution in [3.05, 3.63) is 217 Å². The molecule has 0 unspecified atom stereocenters. The van der Waals surface area contributed by atoms with E-state index in [-0.39, 0.29) is 19.1 Å². The van der Waals surface area contributed by atoms with Gasteiger partial charge in [0, 0.05) is 94.3 Å². The summed E-state index contributed by atoms with van der Waals surface area (Å²) < 4.78 is 0. The van der Waals surface area contributed by atoms with Crippen LogP contribution in [0.4, 0.5) is 0 Å². The van der Waals surface area contributed by atoms with Crippen molar-refractivity contribution in [1.82, 2.24) is 66.2 Å². The summed E-state index contributed by atoms with van der Waals surface area (Å²) in [4.78, 5) is 31.5. The molecule has 32 nitrogen and oxygen atoms in total. The summed E-state index contributed by atoms with van der Waals surface area (Å²) in [5.74, 6) is 4.22. The van der Waals surface area contributed by atoms with Gasteiger partial charge < -0.3 is 28.0 Å². The minimum absolute atomic E-state index is 0. The maximum absolute atomic E-state index is 6.90. The summed E-state index contributed by atoms with van der Waals surface area (Å²) in [5.41, 5.74) is 37.1. The molecule has 4 rings (SSSR count). The van der Waals surface area contributed by atoms with Crippen LogP contribution in [0.5, 0.6) is 0 Å². The van der Waals surface area contributed by atoms with Gasteiger partial charge in [-0.2, -0.15) is 40.8 Å². The first kappa shape index (κ1) is 143. The molecule has 0 radical (unpaired) electrons. The van der Waals surface area contributed by atoms with Gasteiger partial charge in [0.15, 0.2) is 11.6 Å². The Balaban J connectivity index is -0.0000000760. The van der Waals surface area contributed by atoms with Crippen molar-refractivity contribution in [2.24, 2.45) is 72.9 Å². The summed E-state index contributed by atoms with van der Waals surface area (Å²) in [5, 5.41) is 88.6. The monoisotopic (exact) mass is 1680 g/mol. The third-order valence-electron chi connectivity index (χ3n) is 6.92. The Kier molecular flexibility index (Phi) is 120. The minimum atomic E-state index is 0. The van der Waals surface area contributed by atoms with Gasteiger partial charge in [-0.05, 0) is 294 Å². The predicted molar refractivity (Wildman–Crippen MR) is 531 cm³/mol. The predicted octanol–water partition coefficient (Wildman–Crippen LogP) is 23.6. The minimum Gasteiger partial charge on any atom is -0.403 e. The van der Waals surface area contributed by atoms with Gasteiger partial charge in [-0.15, -0.1) is 55.4 Å². The first-order chi connectivity index (χ1) is 54.6. The number of hydrogen-bond donors (Lipinski definition) is 9. The Morgan fingerprint density at radius 2 is 0.620 bits per heavy atom. The second-order valence-corrected chi connectivity index (χ2v) is 27.6. The normalized spacial score (nSPS) is 8.61. The number of aryl methyl sites for hydroxylation is 8. The maximum Gasteiger partial charge on any atom is 0.170 e. The number of allylic oxidation sites excluding steroid dienone is 12. The van der Waals surface area contributed by atoms with Gasteiger partial charge in [-0.25, -0.2) is 19.9 Å². The number of rotatable bonds is 11. The standard InChI is InChI=1S/C7H13N.C7H11N.C6H8N2.C6H12N2.C6H10N2.C6H12N2.C6H10N2.2C5H7N3.C5H11N3.C5H9N3.C4H6N4.3C4H8.2C3H7N.C2H6N2.CH4/c2*1-6(2)5-8-7(3)4;1-5-3-7-6(2)8-4-5;2*1-5(2)8-4-6(3)7;2*1-5(2)7-8-6(3)4;2*1-4-3-6-5(2)8-7-4;2*1-4(2)7-8-5(3)6;1-3-5-7-4(2)8-6-3;3*1-4(2)3;2*1-3(2)4;1-2(3)4;/h5H,1-4H3;5H,1,3H2,2,4H3;3-4H,1-2H3;4H,7H2,1-3H3;4,7H,1H2,2-3H3;1-4H3;1,3H2,2,4H3;2*3H,1-2H3;1-3H3,(H2,6,8);6H,1H2,2-3H3;1-2H3;3*1H2,2-3H3;4H,1-2H3;1,4H2,2H3;1H3,(H3,3,4);1H4/b;;;6-4-;;;;;;;;;;;;;;;. The largest absolute Gasteiger partial charge is 0.403 e. The summed E-state index contributed by atoms with van der Waals surface area (Å²) in [6.45, 7) is 109. The SMILES string of the molecule is C.C=C(C)C.C=C(C)C.C=C(C)C.C=C(C)C=NC(=C)C.C=C(C)N.C=C(C)N=CC(C)=N.C=C(C)N=NC(=C)C.C=C(C)N=NC(C)=N.CC(=N)N.CC(=N)NN=C(C)C.CC(C)=CN=C(C)C.CC(C)=N.CC(C)=N/C=C(/C)N.CC(C)=NN=C(C)C.Cc1cnc(C)nc1.Cc1cnc(C)nn1.Cc1cnc(C)nn1.Cc1nnc(C)nn1. The van der Waals surface area contributed by atoms with E-state index in [9.17, 15) is 0 Å². The Labute approximate surface area is 733 Å². The van der Waals surface area contributed by atoms with Crippen LogP contribution in [0.15, 0.2) is 226 Å². The second-order valence-electron chi connectivity index (χ2n) is 27.6. The molecule has 0 aromatic carbocycles. The molecule has 4 aromatic heterocycles. The number of nitrogens with two attached hydrogens (primary N) is 3. The maximum atomic E-state index is 6.90. The van der Waals surface area contributed by atoms with Crippen molar-refractivity contribution < 1.29 is 0 Å². The Morgan fingerprint density at radius 1 is 0.355 bits per heavy atom. The zero-order valence-electron chi connectivity index (χ0n) is 81.7. The van der Waals surface area contributed by atoms with Crippen molar-refractivity contribution >= 4 is 69.9 Å². The van der Waals surface area contributed by atoms with Crippen LogP contribution in [0.25, 0.3) is 0 Å². The number of nitrogens with one attached hydrogen (secondary N) is 6. The Bertz CT molecular complexity index is 3180. The molecular formula is C89H164N32. The first-order valence-corrected chi connectivity index (χ1v) is 37.0. The Hall–Kier alpha value is -12.6. The number of hydrogen-bond acceptors (Lipinski definition) is 29. The number of nitrogens with zero attached hydrogens (tertiary/aromatic N) is 23. The van der Waals surface area contributed by atoms with Crippen LogP contribution in [0.3, 0.4) is 0 Å². The zero-order chi connectivity index (χ0) is 97.9. The number of aliphatic imine (C=N–C) groups is 4. The molecule has 680 valence electrons. The van der Waals surface area contributed by atoms with E-state index in [0.717, 1.165) is 85.6 Å². The van der Waals surface area contributed by atoms with Crippen LogP contribution in [0.2, 0.25) is 0 Å². The second kappa shape index (κ2) is 102. The molecule has 0 aliphatic heterocycles. The third kappa shape index (κ3) is 263. The lowest BCUT2D eigenvalue weighted by molar-refractivity contribution is 0.767. The highest BCUT2D eigenvalue weighted by atomic mass is 15.3. The zero-order valence-corrected chi connectivity index (χ0v) is 81.7. The van der Waals surface area contributed by atoms with E-state index < -0.39 is 0 Å². The molecule has 0 spiro atoms. The molecule has 0 saturated heterocycles. The van der Waals surface area contributed by atoms with Crippen LogP contribution < -0.4 is 22.6 Å². The average Bonchev–Trinajstić information content (AvgIpc) is 0.973. The molecule has 121 heavy (non-hydrogen) atoms. The third-order valence-corrected chi connectivity index (χ3v) is 6.92. The Morgan fingerprint density at radius 3 is 0.752 bits per heavy atom. The highest BCUT2D eigenvalue weighted by Crippen LogP contribution is 1.96. The fraction of sp³-hybridized carbons (Fsp3) is 0.461. The lowest BCUT2D eigenvalue weighted by Gasteiger charge is -1.93. The molecule has 0 bridgehead atoms. The molecule has 0 aliphatic carbocycles. The lowest BCUT2D eigenvalue weighted by Crippen LogP contribution is -2.12. The molecular weight excluding hydrogens is 1520 g/mol. The van der Waals surface area contributed by atoms with E-state index in [1.165, 1.54) is 35.4 Å². The van der Waals surface area contributed by atoms with Crippen LogP contribution >= 0.6 is 0 Å². The van der Waals surface area contributed by atoms with E-state index in [2.05, 4.69) is 188 Å². The molecule has 0 atom stereocenters. The molecule has 0 fully saturated rings. The van der Waals surface area contributed by atoms with Crippen molar-refractivity contribution in [3.63, 3.8) is 0 Å². The van der Waals surface area contributed by atoms with Gasteiger partial charge in [0.05, 0.1) is 46.7 Å². The van der Waals surface area contributed by atoms with Crippen molar-refractivity contribution in [3.8, 4) is 0 Å². The summed E-state index contributed by atoms with van der Waals surface area (Å²) in [7, 11) is 0. The first-order valence-electron chi connectivity index (χ1n) is 37.0. The van der Waals surface area contributed by atoms with Gasteiger partial charge in [-0.3, -0.25) is 41.6 Å². The van der Waals surface area contributed by atoms with Crippen LogP contribution in [-0.4, -0.2) is 131 Å². The van der Waals surface area contributed by atoms with Crippen LogP contribution in [-0.2, 0) is 0 Å². The lowest BCUT2D eigenvalue weighted by atomic mass is 10.4. The highest BCUT2D eigenvalue weighted by molar-refractivity contribution is 6.28. The summed E-state index contributed by atoms with van der Waals surface area (Å²) >= 11 is 0. The van der Waals surface area contributed by atoms with Crippen LogP contribution in [0.1, 0.15) is 275 Å². The fourth-order valence-electron chi connectivity index (χ4n) is 3.21. The molecule has 4 aromatic rings. The molecule has 0 amide bonds. The molecule has 12 N–H and O–H groups in total. The quantitative estimate of drug-likeness (QED) is 0.0221. The average molecular weight is 1680 g/mol. The number of aromatic nitrogens is 12. The van der Waals surface area contributed by atoms with Crippen molar-refractivity contribution in [2.75, 3.05) is 0 Å². The number of hydrazone groups is 1. The van der Waals surface area contributed by atoms with Gasteiger partial charge in [-0.1, -0.05) is 75.8 Å². The molecule has 0 saturated carbocycles. The highest BCUT2D eigenvalue weighted by Gasteiger charge is 1.89. The van der Waals surface area contributed by atoms with Crippen LogP contribution in [0, 0.1) is 82.4 Å². The van der Waals surface area contributed by atoms with Gasteiger partial charge in [0.2, 0.25) is 0 Å². The van der Waals surface area contributed by atoms with Gasteiger partial charge >= 0.3 is 0 Å².